The number of rotatable bonds is 3. The molecule has 2 aromatic rings. The van der Waals surface area contributed by atoms with Crippen molar-refractivity contribution in [2.24, 2.45) is 0 Å². The predicted octanol–water partition coefficient (Wildman–Crippen LogP) is 2.12. The van der Waals surface area contributed by atoms with Crippen molar-refractivity contribution in [2.75, 3.05) is 6.54 Å². The molecule has 5 heteroatoms. The Labute approximate surface area is 134 Å². The summed E-state index contributed by atoms with van der Waals surface area (Å²) in [4.78, 5) is 15.9. The van der Waals surface area contributed by atoms with Crippen LogP contribution in [0, 0.1) is 17.7 Å². The molecule has 0 unspecified atom stereocenters. The molecule has 1 heterocycles. The lowest BCUT2D eigenvalue weighted by Crippen LogP contribution is -2.38. The van der Waals surface area contributed by atoms with Crippen molar-refractivity contribution in [3.63, 3.8) is 0 Å². The van der Waals surface area contributed by atoms with Gasteiger partial charge < -0.3 is 10.4 Å². The van der Waals surface area contributed by atoms with E-state index in [9.17, 15) is 14.3 Å². The van der Waals surface area contributed by atoms with Crippen LogP contribution in [0.25, 0.3) is 0 Å². The minimum atomic E-state index is -0.976. The number of amides is 1. The summed E-state index contributed by atoms with van der Waals surface area (Å²) in [6.07, 6.45) is 1.50. The molecule has 0 spiro atoms. The van der Waals surface area contributed by atoms with E-state index in [1.54, 1.807) is 38.1 Å². The molecule has 0 radical (unpaired) electrons. The molecule has 1 aromatic heterocycles. The molecule has 4 nitrogen and oxygen atoms in total. The zero-order valence-electron chi connectivity index (χ0n) is 12.9. The Morgan fingerprint density at radius 3 is 2.35 bits per heavy atom. The lowest BCUT2D eigenvalue weighted by atomic mass is 10.1. The van der Waals surface area contributed by atoms with E-state index < -0.39 is 5.60 Å². The van der Waals surface area contributed by atoms with Crippen LogP contribution in [0.3, 0.4) is 0 Å². The highest BCUT2D eigenvalue weighted by atomic mass is 19.1. The zero-order valence-corrected chi connectivity index (χ0v) is 12.9. The van der Waals surface area contributed by atoms with E-state index >= 15 is 0 Å². The smallest absolute Gasteiger partial charge is 0.269 e. The van der Waals surface area contributed by atoms with Gasteiger partial charge in [0, 0.05) is 23.9 Å². The number of nitrogens with one attached hydrogen (secondary N) is 1. The number of aliphatic hydroxyl groups is 1. The summed E-state index contributed by atoms with van der Waals surface area (Å²) in [5.74, 6) is 5.12. The summed E-state index contributed by atoms with van der Waals surface area (Å²) in [5.41, 5.74) is 0.615. The van der Waals surface area contributed by atoms with Gasteiger partial charge in [-0.1, -0.05) is 11.8 Å². The van der Waals surface area contributed by atoms with Crippen molar-refractivity contribution >= 4 is 5.91 Å². The van der Waals surface area contributed by atoms with Crippen LogP contribution >= 0.6 is 0 Å². The van der Waals surface area contributed by atoms with Gasteiger partial charge in [0.05, 0.1) is 5.60 Å². The highest BCUT2D eigenvalue weighted by Crippen LogP contribution is 2.04. The number of carbonyl (C=O) groups is 1. The van der Waals surface area contributed by atoms with Crippen LogP contribution in [0.2, 0.25) is 0 Å². The summed E-state index contributed by atoms with van der Waals surface area (Å²) in [7, 11) is 0. The van der Waals surface area contributed by atoms with Gasteiger partial charge in [-0.25, -0.2) is 9.37 Å². The molecular formula is C18H17FN2O2. The maximum atomic E-state index is 12.8. The minimum absolute atomic E-state index is 0.139. The number of benzene rings is 1. The summed E-state index contributed by atoms with van der Waals surface area (Å²) >= 11 is 0. The van der Waals surface area contributed by atoms with Gasteiger partial charge in [0.2, 0.25) is 0 Å². The molecule has 0 bridgehead atoms. The Morgan fingerprint density at radius 1 is 1.17 bits per heavy atom. The third-order valence-corrected chi connectivity index (χ3v) is 2.87. The maximum Gasteiger partial charge on any atom is 0.269 e. The van der Waals surface area contributed by atoms with Crippen molar-refractivity contribution in [3.8, 4) is 11.8 Å². The van der Waals surface area contributed by atoms with Gasteiger partial charge in [-0.2, -0.15) is 0 Å². The van der Waals surface area contributed by atoms with Crippen LogP contribution < -0.4 is 5.32 Å². The summed E-state index contributed by atoms with van der Waals surface area (Å²) in [5, 5.41) is 12.2. The molecule has 23 heavy (non-hydrogen) atoms. The number of nitrogens with zero attached hydrogens (tertiary/aromatic N) is 1. The van der Waals surface area contributed by atoms with Crippen LogP contribution in [-0.2, 0) is 0 Å². The first-order chi connectivity index (χ1) is 10.8. The standard InChI is InChI=1S/C18H17FN2O2/c1-18(2,23)12-21-17(22)16-10-7-14(11-20-16)4-3-13-5-8-15(19)9-6-13/h5-11,23H,12H2,1-2H3,(H,21,22). The molecule has 1 amide bonds. The topological polar surface area (TPSA) is 62.2 Å². The Morgan fingerprint density at radius 2 is 1.78 bits per heavy atom. The second kappa shape index (κ2) is 7.03. The Balaban J connectivity index is 2.02. The SMILES string of the molecule is CC(C)(O)CNC(=O)c1ccc(C#Cc2ccc(F)cc2)cn1. The lowest BCUT2D eigenvalue weighted by Gasteiger charge is -2.17. The van der Waals surface area contributed by atoms with E-state index in [4.69, 9.17) is 0 Å². The molecule has 118 valence electrons. The van der Waals surface area contributed by atoms with Gasteiger partial charge in [0.1, 0.15) is 11.5 Å². The lowest BCUT2D eigenvalue weighted by molar-refractivity contribution is 0.0692. The molecule has 0 atom stereocenters. The first-order valence-corrected chi connectivity index (χ1v) is 7.08. The molecule has 2 rings (SSSR count). The molecular weight excluding hydrogens is 295 g/mol. The van der Waals surface area contributed by atoms with E-state index in [0.717, 1.165) is 0 Å². The number of pyridine rings is 1. The highest BCUT2D eigenvalue weighted by molar-refractivity contribution is 5.92. The Bertz CT molecular complexity index is 736. The number of hydrogen-bond acceptors (Lipinski definition) is 3. The summed E-state index contributed by atoms with van der Waals surface area (Å²) in [6, 6.07) is 9.12. The van der Waals surface area contributed by atoms with Gasteiger partial charge in [0.15, 0.2) is 0 Å². The average molecular weight is 312 g/mol. The summed E-state index contributed by atoms with van der Waals surface area (Å²) in [6.45, 7) is 3.35. The first-order valence-electron chi connectivity index (χ1n) is 7.08. The van der Waals surface area contributed by atoms with Crippen LogP contribution in [0.5, 0.6) is 0 Å². The fraction of sp³-hybridized carbons (Fsp3) is 0.222. The van der Waals surface area contributed by atoms with Crippen molar-refractivity contribution in [2.45, 2.75) is 19.4 Å². The fourth-order valence-electron chi connectivity index (χ4n) is 1.67. The predicted molar refractivity (Wildman–Crippen MR) is 85.2 cm³/mol. The Hall–Kier alpha value is -2.71. The van der Waals surface area contributed by atoms with E-state index in [1.807, 2.05) is 0 Å². The van der Waals surface area contributed by atoms with E-state index in [1.165, 1.54) is 18.3 Å². The Kier molecular flexibility index (Phi) is 5.09. The van der Waals surface area contributed by atoms with Crippen LogP contribution in [-0.4, -0.2) is 28.1 Å². The quantitative estimate of drug-likeness (QED) is 0.854. The van der Waals surface area contributed by atoms with E-state index in [-0.39, 0.29) is 24.0 Å². The second-order valence-corrected chi connectivity index (χ2v) is 5.68. The van der Waals surface area contributed by atoms with Crippen molar-refractivity contribution in [3.05, 3.63) is 65.2 Å². The number of hydrogen-bond donors (Lipinski definition) is 2. The molecule has 2 N–H and O–H groups in total. The molecule has 0 fully saturated rings. The van der Waals surface area contributed by atoms with Crippen molar-refractivity contribution in [1.82, 2.24) is 10.3 Å². The van der Waals surface area contributed by atoms with Gasteiger partial charge in [-0.05, 0) is 50.2 Å². The molecule has 1 aromatic carbocycles. The first kappa shape index (κ1) is 16.7. The molecule has 0 aliphatic heterocycles. The molecule has 0 aliphatic carbocycles. The summed E-state index contributed by atoms with van der Waals surface area (Å²) < 4.78 is 12.8. The number of carbonyl (C=O) groups excluding carboxylic acids is 1. The zero-order chi connectivity index (χ0) is 16.9. The van der Waals surface area contributed by atoms with Crippen LogP contribution in [0.1, 0.15) is 35.5 Å². The third kappa shape index (κ3) is 5.53. The number of halogens is 1. The normalized spacial score (nSPS) is 10.6. The maximum absolute atomic E-state index is 12.8. The van der Waals surface area contributed by atoms with E-state index in [0.29, 0.717) is 11.1 Å². The van der Waals surface area contributed by atoms with Gasteiger partial charge in [-0.15, -0.1) is 0 Å². The molecule has 0 saturated carbocycles. The van der Waals surface area contributed by atoms with Crippen LogP contribution in [0.4, 0.5) is 4.39 Å². The van der Waals surface area contributed by atoms with Gasteiger partial charge in [-0.3, -0.25) is 4.79 Å². The second-order valence-electron chi connectivity index (χ2n) is 5.68. The van der Waals surface area contributed by atoms with Crippen LogP contribution in [0.15, 0.2) is 42.6 Å². The highest BCUT2D eigenvalue weighted by Gasteiger charge is 2.15. The molecule has 0 saturated heterocycles. The molecule has 0 aliphatic rings. The van der Waals surface area contributed by atoms with Gasteiger partial charge >= 0.3 is 0 Å². The monoisotopic (exact) mass is 312 g/mol. The van der Waals surface area contributed by atoms with E-state index in [2.05, 4.69) is 22.1 Å². The number of aromatic nitrogens is 1. The van der Waals surface area contributed by atoms with Gasteiger partial charge in [0.25, 0.3) is 5.91 Å². The fourth-order valence-corrected chi connectivity index (χ4v) is 1.67. The van der Waals surface area contributed by atoms with Crippen molar-refractivity contribution in [1.29, 1.82) is 0 Å². The largest absolute Gasteiger partial charge is 0.389 e. The third-order valence-electron chi connectivity index (χ3n) is 2.87. The van der Waals surface area contributed by atoms with Crippen molar-refractivity contribution < 1.29 is 14.3 Å². The minimum Gasteiger partial charge on any atom is -0.389 e. The average Bonchev–Trinajstić information content (AvgIpc) is 2.52.